The second-order valence-electron chi connectivity index (χ2n) is 9.06. The van der Waals surface area contributed by atoms with Gasteiger partial charge in [0.15, 0.2) is 0 Å². The molecule has 0 saturated heterocycles. The lowest BCUT2D eigenvalue weighted by Crippen LogP contribution is -2.53. The van der Waals surface area contributed by atoms with Gasteiger partial charge in [-0.25, -0.2) is 0 Å². The molecule has 2 aliphatic rings. The molecule has 0 N–H and O–H groups in total. The number of hydrogen-bond donors (Lipinski definition) is 0. The van der Waals surface area contributed by atoms with Crippen LogP contribution in [0, 0.1) is 22.7 Å². The summed E-state index contributed by atoms with van der Waals surface area (Å²) in [7, 11) is 1.32. The van der Waals surface area contributed by atoms with Gasteiger partial charge >= 0.3 is 11.9 Å². The van der Waals surface area contributed by atoms with Crippen LogP contribution < -0.4 is 0 Å². The van der Waals surface area contributed by atoms with Crippen LogP contribution >= 0.6 is 0 Å². The summed E-state index contributed by atoms with van der Waals surface area (Å²) >= 11 is 0. The van der Waals surface area contributed by atoms with E-state index in [1.807, 2.05) is 0 Å². The first kappa shape index (κ1) is 22.6. The summed E-state index contributed by atoms with van der Waals surface area (Å²) in [6, 6.07) is 0. The normalized spacial score (nSPS) is 32.1. The van der Waals surface area contributed by atoms with E-state index in [2.05, 4.69) is 31.6 Å². The lowest BCUT2D eigenvalue weighted by Gasteiger charge is -2.58. The van der Waals surface area contributed by atoms with Gasteiger partial charge in [0.1, 0.15) is 12.4 Å². The van der Waals surface area contributed by atoms with Crippen molar-refractivity contribution >= 4 is 17.7 Å². The number of Topliss-reactive ketones (excluding diaryl/α,β-unsaturated/α-hetero) is 1. The molecule has 0 heterocycles. The molecule has 4 atom stereocenters. The Bertz CT molecular complexity index is 637. The molecule has 158 valence electrons. The molecular formula is C23H36O5. The van der Waals surface area contributed by atoms with Gasteiger partial charge in [-0.15, -0.1) is 0 Å². The number of carbonyl (C=O) groups excluding carboxylic acids is 3. The van der Waals surface area contributed by atoms with E-state index in [1.54, 1.807) is 6.92 Å². The molecule has 5 heteroatoms. The fourth-order valence-electron chi connectivity index (χ4n) is 5.44. The molecule has 0 aromatic heterocycles. The molecule has 5 nitrogen and oxygen atoms in total. The van der Waals surface area contributed by atoms with E-state index >= 15 is 0 Å². The lowest BCUT2D eigenvalue weighted by atomic mass is 9.46. The summed E-state index contributed by atoms with van der Waals surface area (Å²) in [5.74, 6) is 0.417. The molecule has 0 bridgehead atoms. The second-order valence-corrected chi connectivity index (χ2v) is 9.06. The van der Waals surface area contributed by atoms with Gasteiger partial charge in [0.25, 0.3) is 0 Å². The first-order valence-electron chi connectivity index (χ1n) is 10.5. The molecule has 2 rings (SSSR count). The van der Waals surface area contributed by atoms with Crippen molar-refractivity contribution in [2.24, 2.45) is 22.7 Å². The van der Waals surface area contributed by atoms with Crippen LogP contribution in [-0.2, 0) is 23.9 Å². The zero-order chi connectivity index (χ0) is 20.9. The zero-order valence-electron chi connectivity index (χ0n) is 18.1. The minimum absolute atomic E-state index is 0.0495. The van der Waals surface area contributed by atoms with Gasteiger partial charge in [-0.05, 0) is 63.2 Å². The maximum absolute atomic E-state index is 12.2. The number of esters is 2. The Morgan fingerprint density at radius 3 is 2.46 bits per heavy atom. The summed E-state index contributed by atoms with van der Waals surface area (Å²) in [6.45, 7) is 8.83. The molecule has 28 heavy (non-hydrogen) atoms. The number of methoxy groups -OCH3 is 1. The summed E-state index contributed by atoms with van der Waals surface area (Å²) in [4.78, 5) is 35.2. The topological polar surface area (TPSA) is 69.7 Å². The second kappa shape index (κ2) is 9.23. The maximum atomic E-state index is 12.2. The highest BCUT2D eigenvalue weighted by molar-refractivity contribution is 5.77. The highest BCUT2D eigenvalue weighted by Crippen LogP contribution is 2.62. The van der Waals surface area contributed by atoms with Crippen LogP contribution in [0.2, 0.25) is 0 Å². The third-order valence-electron chi connectivity index (χ3n) is 7.57. The standard InChI is InChI=1S/C23H36O5/c1-16-11-14-23(15-28-21(26)10-9-20(25)27-5)17(2)7-6-8-19(23)22(16,4)13-12-18(3)24/h7,16,19H,6,8-15H2,1-5H3. The van der Waals surface area contributed by atoms with Gasteiger partial charge in [0.2, 0.25) is 0 Å². The molecule has 2 aliphatic carbocycles. The highest BCUT2D eigenvalue weighted by atomic mass is 16.5. The highest BCUT2D eigenvalue weighted by Gasteiger charge is 2.55. The molecule has 0 radical (unpaired) electrons. The third-order valence-corrected chi connectivity index (χ3v) is 7.57. The predicted molar refractivity (Wildman–Crippen MR) is 108 cm³/mol. The quantitative estimate of drug-likeness (QED) is 0.445. The number of allylic oxidation sites excluding steroid dienone is 1. The van der Waals surface area contributed by atoms with Crippen LogP contribution in [0.25, 0.3) is 0 Å². The van der Waals surface area contributed by atoms with Crippen LogP contribution in [-0.4, -0.2) is 31.4 Å². The predicted octanol–water partition coefficient (Wildman–Crippen LogP) is 4.63. The van der Waals surface area contributed by atoms with Crippen LogP contribution in [0.3, 0.4) is 0 Å². The fourth-order valence-corrected chi connectivity index (χ4v) is 5.44. The van der Waals surface area contributed by atoms with E-state index in [1.165, 1.54) is 12.7 Å². The third kappa shape index (κ3) is 4.66. The Morgan fingerprint density at radius 2 is 1.82 bits per heavy atom. The van der Waals surface area contributed by atoms with E-state index in [-0.39, 0.29) is 35.4 Å². The molecule has 0 spiro atoms. The monoisotopic (exact) mass is 392 g/mol. The van der Waals surface area contributed by atoms with Gasteiger partial charge in [0, 0.05) is 11.8 Å². The Hall–Kier alpha value is -1.65. The average molecular weight is 393 g/mol. The number of ether oxygens (including phenoxy) is 2. The first-order valence-corrected chi connectivity index (χ1v) is 10.5. The zero-order valence-corrected chi connectivity index (χ0v) is 18.1. The minimum atomic E-state index is -0.398. The van der Waals surface area contributed by atoms with E-state index in [0.29, 0.717) is 24.9 Å². The number of carbonyl (C=O) groups is 3. The Labute approximate surface area is 169 Å². The van der Waals surface area contributed by atoms with E-state index in [4.69, 9.17) is 4.74 Å². The molecule has 0 amide bonds. The largest absolute Gasteiger partial charge is 0.469 e. The molecular weight excluding hydrogens is 356 g/mol. The van der Waals surface area contributed by atoms with Crippen LogP contribution in [0.1, 0.15) is 79.1 Å². The SMILES string of the molecule is COC(=O)CCC(=O)OCC12CCC(C)C(C)(CCC(C)=O)C1CCC=C2C. The van der Waals surface area contributed by atoms with E-state index < -0.39 is 5.97 Å². The van der Waals surface area contributed by atoms with Crippen LogP contribution in [0.4, 0.5) is 0 Å². The van der Waals surface area contributed by atoms with E-state index in [9.17, 15) is 14.4 Å². The van der Waals surface area contributed by atoms with E-state index in [0.717, 1.165) is 32.1 Å². The first-order chi connectivity index (χ1) is 13.2. The summed E-state index contributed by atoms with van der Waals surface area (Å²) in [5.41, 5.74) is 1.21. The van der Waals surface area contributed by atoms with Crippen molar-refractivity contribution < 1.29 is 23.9 Å². The fraction of sp³-hybridized carbons (Fsp3) is 0.783. The Kier molecular flexibility index (Phi) is 7.46. The number of ketones is 1. The van der Waals surface area contributed by atoms with Crippen molar-refractivity contribution in [1.82, 2.24) is 0 Å². The molecule has 0 aromatic rings. The van der Waals surface area contributed by atoms with Gasteiger partial charge in [-0.1, -0.05) is 25.5 Å². The smallest absolute Gasteiger partial charge is 0.306 e. The summed E-state index contributed by atoms with van der Waals surface area (Å²) in [5, 5.41) is 0. The summed E-state index contributed by atoms with van der Waals surface area (Å²) in [6.07, 6.45) is 8.06. The maximum Gasteiger partial charge on any atom is 0.306 e. The average Bonchev–Trinajstić information content (AvgIpc) is 2.67. The van der Waals surface area contributed by atoms with Crippen molar-refractivity contribution in [2.75, 3.05) is 13.7 Å². The molecule has 1 saturated carbocycles. The van der Waals surface area contributed by atoms with Crippen molar-refractivity contribution in [3.63, 3.8) is 0 Å². The van der Waals surface area contributed by atoms with Crippen LogP contribution in [0.5, 0.6) is 0 Å². The molecule has 0 aliphatic heterocycles. The lowest BCUT2D eigenvalue weighted by molar-refractivity contribution is -0.156. The molecule has 1 fully saturated rings. The molecule has 0 aromatic carbocycles. The Morgan fingerprint density at radius 1 is 1.14 bits per heavy atom. The van der Waals surface area contributed by atoms with Gasteiger partial charge in [-0.2, -0.15) is 0 Å². The van der Waals surface area contributed by atoms with Crippen molar-refractivity contribution in [2.45, 2.75) is 79.1 Å². The summed E-state index contributed by atoms with van der Waals surface area (Å²) < 4.78 is 10.3. The minimum Gasteiger partial charge on any atom is -0.469 e. The number of fused-ring (bicyclic) bond motifs is 1. The number of hydrogen-bond acceptors (Lipinski definition) is 5. The van der Waals surface area contributed by atoms with Gasteiger partial charge in [-0.3, -0.25) is 9.59 Å². The van der Waals surface area contributed by atoms with Crippen LogP contribution in [0.15, 0.2) is 11.6 Å². The van der Waals surface area contributed by atoms with Crippen molar-refractivity contribution in [3.05, 3.63) is 11.6 Å². The van der Waals surface area contributed by atoms with Gasteiger partial charge < -0.3 is 14.3 Å². The van der Waals surface area contributed by atoms with Gasteiger partial charge in [0.05, 0.1) is 20.0 Å². The molecule has 4 unspecified atom stereocenters. The number of rotatable bonds is 8. The van der Waals surface area contributed by atoms with Crippen molar-refractivity contribution in [3.8, 4) is 0 Å². The Balaban J connectivity index is 2.18. The van der Waals surface area contributed by atoms with Crippen molar-refractivity contribution in [1.29, 1.82) is 0 Å².